The van der Waals surface area contributed by atoms with Crippen LogP contribution >= 0.6 is 0 Å². The fourth-order valence-electron chi connectivity index (χ4n) is 2.56. The zero-order valence-corrected chi connectivity index (χ0v) is 10.4. The second-order valence-corrected chi connectivity index (χ2v) is 4.55. The monoisotopic (exact) mass is 243 g/mol. The molecule has 1 saturated heterocycles. The maximum absolute atomic E-state index is 5.53. The van der Waals surface area contributed by atoms with Gasteiger partial charge in [-0.15, -0.1) is 0 Å². The molecule has 1 aliphatic heterocycles. The van der Waals surface area contributed by atoms with E-state index < -0.39 is 0 Å². The van der Waals surface area contributed by atoms with Gasteiger partial charge in [0.05, 0.1) is 30.4 Å². The van der Waals surface area contributed by atoms with E-state index in [-0.39, 0.29) is 6.10 Å². The lowest BCUT2D eigenvalue weighted by Crippen LogP contribution is -2.24. The Morgan fingerprint density at radius 2 is 2.11 bits per heavy atom. The van der Waals surface area contributed by atoms with Gasteiger partial charge in [-0.05, 0) is 5.56 Å². The highest BCUT2D eigenvalue weighted by atomic mass is 16.5. The average molecular weight is 243 g/mol. The van der Waals surface area contributed by atoms with Crippen molar-refractivity contribution in [1.29, 1.82) is 0 Å². The van der Waals surface area contributed by atoms with Gasteiger partial charge in [0.25, 0.3) is 0 Å². The number of ether oxygens (including phenoxy) is 1. The molecular formula is C14H17N3O. The van der Waals surface area contributed by atoms with Gasteiger partial charge in [-0.2, -0.15) is 0 Å². The highest BCUT2D eigenvalue weighted by Crippen LogP contribution is 2.26. The van der Waals surface area contributed by atoms with Crippen LogP contribution in [0.15, 0.2) is 42.9 Å². The number of aromatic nitrogens is 2. The highest BCUT2D eigenvalue weighted by molar-refractivity contribution is 5.58. The number of hydrogen-bond donors (Lipinski definition) is 1. The average Bonchev–Trinajstić information content (AvgIpc) is 3.07. The van der Waals surface area contributed by atoms with Gasteiger partial charge < -0.3 is 14.6 Å². The highest BCUT2D eigenvalue weighted by Gasteiger charge is 2.29. The zero-order chi connectivity index (χ0) is 12.4. The molecule has 4 heteroatoms. The molecule has 1 aliphatic rings. The molecule has 1 fully saturated rings. The summed E-state index contributed by atoms with van der Waals surface area (Å²) in [5.74, 6) is 0. The molecule has 0 amide bonds. The van der Waals surface area contributed by atoms with Crippen LogP contribution in [0, 0.1) is 0 Å². The van der Waals surface area contributed by atoms with Crippen LogP contribution in [-0.2, 0) is 4.74 Å². The lowest BCUT2D eigenvalue weighted by atomic mass is 10.1. The minimum atomic E-state index is 0.210. The predicted molar refractivity (Wildman–Crippen MR) is 70.4 cm³/mol. The molecule has 4 nitrogen and oxygen atoms in total. The van der Waals surface area contributed by atoms with Crippen LogP contribution < -0.4 is 5.32 Å². The molecule has 0 aliphatic carbocycles. The molecule has 1 unspecified atom stereocenters. The van der Waals surface area contributed by atoms with Gasteiger partial charge in [0.2, 0.25) is 0 Å². The van der Waals surface area contributed by atoms with Crippen molar-refractivity contribution in [3.63, 3.8) is 0 Å². The van der Waals surface area contributed by atoms with Gasteiger partial charge in [-0.25, -0.2) is 4.98 Å². The van der Waals surface area contributed by atoms with Crippen LogP contribution in [0.1, 0.15) is 6.04 Å². The van der Waals surface area contributed by atoms with Gasteiger partial charge in [-0.1, -0.05) is 30.3 Å². The van der Waals surface area contributed by atoms with Gasteiger partial charge in [0, 0.05) is 20.2 Å². The first-order valence-corrected chi connectivity index (χ1v) is 6.21. The molecule has 3 rings (SSSR count). The lowest BCUT2D eigenvalue weighted by Gasteiger charge is -2.20. The van der Waals surface area contributed by atoms with E-state index in [1.165, 1.54) is 5.56 Å². The predicted octanol–water partition coefficient (Wildman–Crippen LogP) is 1.71. The minimum absolute atomic E-state index is 0.210. The number of benzene rings is 1. The summed E-state index contributed by atoms with van der Waals surface area (Å²) in [6.45, 7) is 1.82. The van der Waals surface area contributed by atoms with Gasteiger partial charge >= 0.3 is 0 Å². The fourth-order valence-corrected chi connectivity index (χ4v) is 2.56. The Morgan fingerprint density at radius 3 is 2.89 bits per heavy atom. The third-order valence-electron chi connectivity index (χ3n) is 3.52. The van der Waals surface area contributed by atoms with Crippen molar-refractivity contribution >= 4 is 0 Å². The second kappa shape index (κ2) is 4.92. The SMILES string of the molecule is CO[C@H]1CNCC1n1cncc1-c1ccccc1. The van der Waals surface area contributed by atoms with Crippen LogP contribution in [0.5, 0.6) is 0 Å². The molecule has 2 atom stereocenters. The smallest absolute Gasteiger partial charge is 0.0954 e. The third kappa shape index (κ3) is 1.94. The van der Waals surface area contributed by atoms with E-state index in [9.17, 15) is 0 Å². The van der Waals surface area contributed by atoms with Crippen molar-refractivity contribution in [3.8, 4) is 11.3 Å². The van der Waals surface area contributed by atoms with Crippen molar-refractivity contribution in [1.82, 2.24) is 14.9 Å². The number of methoxy groups -OCH3 is 1. The number of imidazole rings is 1. The van der Waals surface area contributed by atoms with Gasteiger partial charge in [0.15, 0.2) is 0 Å². The Morgan fingerprint density at radius 1 is 1.28 bits per heavy atom. The number of nitrogens with one attached hydrogen (secondary N) is 1. The van der Waals surface area contributed by atoms with Crippen LogP contribution in [-0.4, -0.2) is 35.9 Å². The number of hydrogen-bond acceptors (Lipinski definition) is 3. The topological polar surface area (TPSA) is 39.1 Å². The molecule has 0 saturated carbocycles. The first-order chi connectivity index (χ1) is 8.90. The van der Waals surface area contributed by atoms with Crippen molar-refractivity contribution in [3.05, 3.63) is 42.9 Å². The van der Waals surface area contributed by atoms with Crippen molar-refractivity contribution in [2.24, 2.45) is 0 Å². The summed E-state index contributed by atoms with van der Waals surface area (Å²) in [7, 11) is 1.77. The summed E-state index contributed by atoms with van der Waals surface area (Å²) in [6, 6.07) is 10.7. The van der Waals surface area contributed by atoms with E-state index in [0.29, 0.717) is 6.04 Å². The van der Waals surface area contributed by atoms with E-state index in [1.54, 1.807) is 7.11 Å². The van der Waals surface area contributed by atoms with E-state index >= 15 is 0 Å². The van der Waals surface area contributed by atoms with Gasteiger partial charge in [0.1, 0.15) is 0 Å². The van der Waals surface area contributed by atoms with E-state index in [0.717, 1.165) is 18.8 Å². The van der Waals surface area contributed by atoms with Crippen LogP contribution in [0.4, 0.5) is 0 Å². The summed E-state index contributed by atoms with van der Waals surface area (Å²) in [6.07, 6.45) is 4.02. The van der Waals surface area contributed by atoms with Crippen LogP contribution in [0.3, 0.4) is 0 Å². The maximum atomic E-state index is 5.53. The summed E-state index contributed by atoms with van der Waals surface area (Å²) in [5.41, 5.74) is 2.34. The van der Waals surface area contributed by atoms with Crippen molar-refractivity contribution in [2.75, 3.05) is 20.2 Å². The van der Waals surface area contributed by atoms with Crippen molar-refractivity contribution < 1.29 is 4.74 Å². The standard InChI is InChI=1S/C14H17N3O/c1-18-14-9-15-8-13(14)17-10-16-7-12(17)11-5-3-2-4-6-11/h2-7,10,13-15H,8-9H2,1H3/t13?,14-/m0/s1. The quantitative estimate of drug-likeness (QED) is 0.892. The molecule has 18 heavy (non-hydrogen) atoms. The van der Waals surface area contributed by atoms with E-state index in [1.807, 2.05) is 30.7 Å². The molecule has 1 aromatic heterocycles. The van der Waals surface area contributed by atoms with Crippen molar-refractivity contribution in [2.45, 2.75) is 12.1 Å². The van der Waals surface area contributed by atoms with Gasteiger partial charge in [-0.3, -0.25) is 0 Å². The molecule has 0 radical (unpaired) electrons. The van der Waals surface area contributed by atoms with E-state index in [4.69, 9.17) is 4.74 Å². The summed E-state index contributed by atoms with van der Waals surface area (Å²) in [4.78, 5) is 4.29. The Labute approximate surface area is 107 Å². The molecule has 94 valence electrons. The Balaban J connectivity index is 1.97. The largest absolute Gasteiger partial charge is 0.378 e. The summed E-state index contributed by atoms with van der Waals surface area (Å²) in [5, 5.41) is 3.37. The minimum Gasteiger partial charge on any atom is -0.378 e. The number of nitrogens with zero attached hydrogens (tertiary/aromatic N) is 2. The molecule has 0 spiro atoms. The molecular weight excluding hydrogens is 226 g/mol. The Bertz CT molecular complexity index is 509. The molecule has 0 bridgehead atoms. The lowest BCUT2D eigenvalue weighted by molar-refractivity contribution is 0.0870. The molecule has 2 heterocycles. The third-order valence-corrected chi connectivity index (χ3v) is 3.52. The molecule has 2 aromatic rings. The Kier molecular flexibility index (Phi) is 3.13. The summed E-state index contributed by atoms with van der Waals surface area (Å²) < 4.78 is 7.74. The zero-order valence-electron chi connectivity index (χ0n) is 10.4. The fraction of sp³-hybridized carbons (Fsp3) is 0.357. The van der Waals surface area contributed by atoms with Crippen LogP contribution in [0.2, 0.25) is 0 Å². The molecule has 1 aromatic carbocycles. The van der Waals surface area contributed by atoms with E-state index in [2.05, 4.69) is 27.0 Å². The normalized spacial score (nSPS) is 23.4. The number of rotatable bonds is 3. The first kappa shape index (κ1) is 11.4. The Hall–Kier alpha value is -1.65. The maximum Gasteiger partial charge on any atom is 0.0954 e. The second-order valence-electron chi connectivity index (χ2n) is 4.55. The first-order valence-electron chi connectivity index (χ1n) is 6.21. The van der Waals surface area contributed by atoms with Crippen LogP contribution in [0.25, 0.3) is 11.3 Å². The summed E-state index contributed by atoms with van der Waals surface area (Å²) >= 11 is 0. The molecule has 1 N–H and O–H groups in total.